The number of carbonyl (C=O) groups is 1. The third kappa shape index (κ3) is 4.57. The van der Waals surface area contributed by atoms with Gasteiger partial charge in [0.15, 0.2) is 18.1 Å². The highest BCUT2D eigenvalue weighted by atomic mass is 16.7. The molecule has 7 nitrogen and oxygen atoms in total. The number of carbonyl (C=O) groups excluding carboxylic acids is 1. The predicted octanol–water partition coefficient (Wildman–Crippen LogP) is 2.31. The van der Waals surface area contributed by atoms with Gasteiger partial charge in [-0.15, -0.1) is 0 Å². The van der Waals surface area contributed by atoms with Crippen LogP contribution in [0.5, 0.6) is 11.5 Å². The summed E-state index contributed by atoms with van der Waals surface area (Å²) < 4.78 is 10.5. The van der Waals surface area contributed by atoms with E-state index in [1.54, 1.807) is 12.1 Å². The fourth-order valence-corrected chi connectivity index (χ4v) is 2.12. The standard InChI is InChI=1S/C18H17N3O4/c1-13(15-5-3-2-4-6-15)21-25-11-18(22)20-19-10-14-7-8-16-17(9-14)24-12-23-16/h2-10H,11-12H2,1H3,(H,20,22)/b19-10-,21-13+. The molecule has 1 amide bonds. The molecule has 2 aromatic carbocycles. The molecule has 128 valence electrons. The molecular weight excluding hydrogens is 322 g/mol. The zero-order chi connectivity index (χ0) is 17.5. The summed E-state index contributed by atoms with van der Waals surface area (Å²) in [7, 11) is 0. The lowest BCUT2D eigenvalue weighted by molar-refractivity contribution is -0.125. The average Bonchev–Trinajstić information content (AvgIpc) is 3.10. The van der Waals surface area contributed by atoms with E-state index < -0.39 is 5.91 Å². The molecular formula is C18H17N3O4. The summed E-state index contributed by atoms with van der Waals surface area (Å²) in [4.78, 5) is 16.7. The molecule has 0 radical (unpaired) electrons. The van der Waals surface area contributed by atoms with Gasteiger partial charge >= 0.3 is 0 Å². The van der Waals surface area contributed by atoms with E-state index >= 15 is 0 Å². The van der Waals surface area contributed by atoms with Crippen molar-refractivity contribution in [3.8, 4) is 11.5 Å². The molecule has 1 heterocycles. The number of rotatable bonds is 6. The lowest BCUT2D eigenvalue weighted by Crippen LogP contribution is -2.22. The van der Waals surface area contributed by atoms with Crippen LogP contribution in [0.2, 0.25) is 0 Å². The zero-order valence-electron chi connectivity index (χ0n) is 13.6. The van der Waals surface area contributed by atoms with Crippen molar-refractivity contribution in [1.82, 2.24) is 5.43 Å². The zero-order valence-corrected chi connectivity index (χ0v) is 13.6. The van der Waals surface area contributed by atoms with Gasteiger partial charge in [-0.3, -0.25) is 4.79 Å². The van der Waals surface area contributed by atoms with Crippen LogP contribution >= 0.6 is 0 Å². The molecule has 0 unspecified atom stereocenters. The molecule has 0 spiro atoms. The molecule has 0 aliphatic carbocycles. The molecule has 2 aromatic rings. The van der Waals surface area contributed by atoms with Crippen molar-refractivity contribution in [3.63, 3.8) is 0 Å². The van der Waals surface area contributed by atoms with Crippen LogP contribution in [0.15, 0.2) is 58.8 Å². The van der Waals surface area contributed by atoms with Gasteiger partial charge in [-0.1, -0.05) is 35.5 Å². The number of nitrogens with one attached hydrogen (secondary N) is 1. The highest BCUT2D eigenvalue weighted by molar-refractivity contribution is 5.98. The fourth-order valence-electron chi connectivity index (χ4n) is 2.12. The number of ether oxygens (including phenoxy) is 2. The summed E-state index contributed by atoms with van der Waals surface area (Å²) in [5, 5.41) is 7.79. The lowest BCUT2D eigenvalue weighted by Gasteiger charge is -2.02. The van der Waals surface area contributed by atoms with E-state index in [1.807, 2.05) is 43.3 Å². The van der Waals surface area contributed by atoms with E-state index in [-0.39, 0.29) is 13.4 Å². The van der Waals surface area contributed by atoms with E-state index in [4.69, 9.17) is 14.3 Å². The van der Waals surface area contributed by atoms with Crippen molar-refractivity contribution in [2.24, 2.45) is 10.3 Å². The van der Waals surface area contributed by atoms with Gasteiger partial charge in [0.2, 0.25) is 6.79 Å². The molecule has 0 aromatic heterocycles. The predicted molar refractivity (Wildman–Crippen MR) is 92.9 cm³/mol. The Morgan fingerprint density at radius 3 is 2.84 bits per heavy atom. The number of hydrogen-bond donors (Lipinski definition) is 1. The molecule has 0 saturated heterocycles. The second-order valence-electron chi connectivity index (χ2n) is 5.22. The minimum Gasteiger partial charge on any atom is -0.454 e. The third-order valence-corrected chi connectivity index (χ3v) is 3.39. The van der Waals surface area contributed by atoms with Crippen molar-refractivity contribution in [1.29, 1.82) is 0 Å². The van der Waals surface area contributed by atoms with Crippen molar-refractivity contribution in [2.45, 2.75) is 6.92 Å². The van der Waals surface area contributed by atoms with Crippen molar-refractivity contribution >= 4 is 17.8 Å². The van der Waals surface area contributed by atoms with Crippen LogP contribution in [0.4, 0.5) is 0 Å². The van der Waals surface area contributed by atoms with E-state index in [1.165, 1.54) is 6.21 Å². The molecule has 3 rings (SSSR count). The van der Waals surface area contributed by atoms with E-state index in [0.717, 1.165) is 11.1 Å². The van der Waals surface area contributed by atoms with Gasteiger partial charge < -0.3 is 14.3 Å². The van der Waals surface area contributed by atoms with Crippen LogP contribution in [0.3, 0.4) is 0 Å². The summed E-state index contributed by atoms with van der Waals surface area (Å²) in [6.45, 7) is 1.81. The minimum atomic E-state index is -0.401. The highest BCUT2D eigenvalue weighted by Crippen LogP contribution is 2.31. The van der Waals surface area contributed by atoms with Crippen molar-refractivity contribution in [2.75, 3.05) is 13.4 Å². The van der Waals surface area contributed by atoms with Gasteiger partial charge in [-0.2, -0.15) is 5.10 Å². The Morgan fingerprint density at radius 1 is 1.20 bits per heavy atom. The first kappa shape index (κ1) is 16.5. The molecule has 0 atom stereocenters. The maximum absolute atomic E-state index is 11.7. The maximum Gasteiger partial charge on any atom is 0.280 e. The molecule has 1 aliphatic heterocycles. The van der Waals surface area contributed by atoms with E-state index in [2.05, 4.69) is 15.7 Å². The SMILES string of the molecule is C/C(=N\OCC(=O)N/N=C\c1ccc2c(c1)OCO2)c1ccccc1. The van der Waals surface area contributed by atoms with Crippen LogP contribution in [0.25, 0.3) is 0 Å². The van der Waals surface area contributed by atoms with Crippen molar-refractivity contribution < 1.29 is 19.1 Å². The number of fused-ring (bicyclic) bond motifs is 1. The number of nitrogens with zero attached hydrogens (tertiary/aromatic N) is 2. The number of hydrogen-bond acceptors (Lipinski definition) is 6. The third-order valence-electron chi connectivity index (χ3n) is 3.39. The van der Waals surface area contributed by atoms with Gasteiger partial charge in [0.25, 0.3) is 5.91 Å². The van der Waals surface area contributed by atoms with E-state index in [9.17, 15) is 4.79 Å². The average molecular weight is 339 g/mol. The number of oxime groups is 1. The number of hydrazone groups is 1. The van der Waals surface area contributed by atoms with Crippen LogP contribution in [-0.4, -0.2) is 31.2 Å². The molecule has 1 aliphatic rings. The Hall–Kier alpha value is -3.35. The lowest BCUT2D eigenvalue weighted by atomic mass is 10.1. The Kier molecular flexibility index (Phi) is 5.26. The first-order valence-corrected chi connectivity index (χ1v) is 7.66. The van der Waals surface area contributed by atoms with Gasteiger partial charge in [-0.25, -0.2) is 5.43 Å². The summed E-state index contributed by atoms with van der Waals surface area (Å²) in [6, 6.07) is 14.9. The molecule has 0 saturated carbocycles. The van der Waals surface area contributed by atoms with Crippen LogP contribution in [0.1, 0.15) is 18.1 Å². The summed E-state index contributed by atoms with van der Waals surface area (Å²) in [5.74, 6) is 0.951. The largest absolute Gasteiger partial charge is 0.454 e. The van der Waals surface area contributed by atoms with Gasteiger partial charge in [0.1, 0.15) is 0 Å². The minimum absolute atomic E-state index is 0.215. The topological polar surface area (TPSA) is 81.5 Å². The normalized spacial score (nSPS) is 13.1. The van der Waals surface area contributed by atoms with Crippen LogP contribution in [-0.2, 0) is 9.63 Å². The summed E-state index contributed by atoms with van der Waals surface area (Å²) >= 11 is 0. The monoisotopic (exact) mass is 339 g/mol. The first-order chi connectivity index (χ1) is 12.2. The second kappa shape index (κ2) is 7.96. The molecule has 25 heavy (non-hydrogen) atoms. The fraction of sp³-hybridized carbons (Fsp3) is 0.167. The van der Waals surface area contributed by atoms with Gasteiger partial charge in [0.05, 0.1) is 11.9 Å². The molecule has 0 fully saturated rings. The van der Waals surface area contributed by atoms with Crippen LogP contribution < -0.4 is 14.9 Å². The molecule has 0 bridgehead atoms. The summed E-state index contributed by atoms with van der Waals surface area (Å²) in [5.41, 5.74) is 4.78. The Labute approximate surface area is 144 Å². The van der Waals surface area contributed by atoms with E-state index in [0.29, 0.717) is 17.2 Å². The maximum atomic E-state index is 11.7. The smallest absolute Gasteiger partial charge is 0.280 e. The highest BCUT2D eigenvalue weighted by Gasteiger charge is 2.12. The first-order valence-electron chi connectivity index (χ1n) is 7.66. The second-order valence-corrected chi connectivity index (χ2v) is 5.22. The number of benzene rings is 2. The van der Waals surface area contributed by atoms with Gasteiger partial charge in [-0.05, 0) is 36.2 Å². The Balaban J connectivity index is 1.45. The van der Waals surface area contributed by atoms with Crippen LogP contribution in [0, 0.1) is 0 Å². The summed E-state index contributed by atoms with van der Waals surface area (Å²) in [6.07, 6.45) is 1.51. The molecule has 7 heteroatoms. The van der Waals surface area contributed by atoms with Gasteiger partial charge in [0, 0.05) is 0 Å². The Morgan fingerprint density at radius 2 is 2.00 bits per heavy atom. The number of amides is 1. The Bertz CT molecular complexity index is 803. The van der Waals surface area contributed by atoms with Crippen molar-refractivity contribution in [3.05, 3.63) is 59.7 Å². The molecule has 1 N–H and O–H groups in total. The quantitative estimate of drug-likeness (QED) is 0.647.